The molecule has 0 radical (unpaired) electrons. The molecule has 4 rings (SSSR count). The van der Waals surface area contributed by atoms with Crippen LogP contribution in [-0.2, 0) is 12.8 Å². The van der Waals surface area contributed by atoms with Crippen molar-refractivity contribution >= 4 is 23.1 Å². The molecule has 2 aromatic rings. The Hall–Kier alpha value is -1.88. The van der Waals surface area contributed by atoms with Crippen molar-refractivity contribution in [3.8, 4) is 0 Å². The largest absolute Gasteiger partial charge is 0.330 e. The summed E-state index contributed by atoms with van der Waals surface area (Å²) in [7, 11) is 0. The Morgan fingerprint density at radius 2 is 2.12 bits per heavy atom. The Morgan fingerprint density at radius 3 is 2.84 bits per heavy atom. The first-order valence-corrected chi connectivity index (χ1v) is 10.2. The van der Waals surface area contributed by atoms with Gasteiger partial charge in [0.2, 0.25) is 0 Å². The zero-order valence-corrected chi connectivity index (χ0v) is 15.6. The van der Waals surface area contributed by atoms with Crippen LogP contribution < -0.4 is 9.88 Å². The summed E-state index contributed by atoms with van der Waals surface area (Å²) < 4.78 is 0. The van der Waals surface area contributed by atoms with Crippen molar-refractivity contribution in [2.45, 2.75) is 32.6 Å². The third-order valence-electron chi connectivity index (χ3n) is 5.57. The van der Waals surface area contributed by atoms with Crippen LogP contribution >= 0.6 is 11.3 Å². The van der Waals surface area contributed by atoms with Crippen molar-refractivity contribution < 1.29 is 9.78 Å². The van der Waals surface area contributed by atoms with Crippen LogP contribution in [0, 0.1) is 5.92 Å². The number of aryl methyl sites for hydroxylation is 1. The smallest absolute Gasteiger partial charge is 0.274 e. The van der Waals surface area contributed by atoms with Crippen LogP contribution in [0.4, 0.5) is 5.82 Å². The van der Waals surface area contributed by atoms with Gasteiger partial charge in [0.15, 0.2) is 0 Å². The number of carbonyl (C=O) groups excluding carboxylic acids is 1. The van der Waals surface area contributed by atoms with Crippen molar-refractivity contribution in [1.29, 1.82) is 0 Å². The zero-order valence-electron chi connectivity index (χ0n) is 14.8. The maximum Gasteiger partial charge on any atom is 0.274 e. The van der Waals surface area contributed by atoms with Gasteiger partial charge in [-0.05, 0) is 42.9 Å². The monoisotopic (exact) mass is 356 g/mol. The molecule has 1 atom stereocenters. The van der Waals surface area contributed by atoms with Crippen LogP contribution in [-0.4, -0.2) is 37.0 Å². The predicted octanol–water partition coefficient (Wildman–Crippen LogP) is 3.04. The van der Waals surface area contributed by atoms with Gasteiger partial charge in [-0.25, -0.2) is 4.98 Å². The van der Waals surface area contributed by atoms with E-state index in [9.17, 15) is 4.79 Å². The lowest BCUT2D eigenvalue weighted by Crippen LogP contribution is -2.49. The summed E-state index contributed by atoms with van der Waals surface area (Å²) in [5.74, 6) is 2.16. The molecule has 25 heavy (non-hydrogen) atoms. The van der Waals surface area contributed by atoms with Crippen molar-refractivity contribution in [2.75, 3.05) is 31.1 Å². The Bertz CT molecular complexity index is 735. The summed E-state index contributed by atoms with van der Waals surface area (Å²) >= 11 is 1.74. The van der Waals surface area contributed by atoms with Crippen LogP contribution in [0.25, 0.3) is 0 Å². The average Bonchev–Trinajstić information content (AvgIpc) is 3.11. The summed E-state index contributed by atoms with van der Waals surface area (Å²) in [5, 5.41) is 0. The highest BCUT2D eigenvalue weighted by Crippen LogP contribution is 2.34. The van der Waals surface area contributed by atoms with Crippen molar-refractivity contribution in [3.63, 3.8) is 0 Å². The number of carbonyl (C=O) groups is 1. The molecular weight excluding hydrogens is 330 g/mol. The summed E-state index contributed by atoms with van der Waals surface area (Å²) in [4.78, 5) is 22.9. The quantitative estimate of drug-likeness (QED) is 0.848. The van der Waals surface area contributed by atoms with Gasteiger partial charge in [-0.15, -0.1) is 11.3 Å². The van der Waals surface area contributed by atoms with Crippen LogP contribution in [0.15, 0.2) is 30.5 Å². The van der Waals surface area contributed by atoms with E-state index in [0.717, 1.165) is 55.6 Å². The van der Waals surface area contributed by atoms with Gasteiger partial charge in [-0.1, -0.05) is 19.4 Å². The number of anilines is 1. The van der Waals surface area contributed by atoms with Gasteiger partial charge in [-0.2, -0.15) is 0 Å². The molecule has 0 unspecified atom stereocenters. The Balaban J connectivity index is 1.40. The summed E-state index contributed by atoms with van der Waals surface area (Å²) in [5.41, 5.74) is 1.43. The first kappa shape index (κ1) is 16.6. The molecule has 0 aromatic carbocycles. The topological polar surface area (TPSA) is 37.7 Å². The van der Waals surface area contributed by atoms with Gasteiger partial charge >= 0.3 is 0 Å². The fourth-order valence-corrected chi connectivity index (χ4v) is 5.12. The van der Waals surface area contributed by atoms with E-state index in [1.807, 2.05) is 23.2 Å². The first-order chi connectivity index (χ1) is 12.2. The second kappa shape index (κ2) is 7.16. The number of fused-ring (bicyclic) bond motifs is 1. The molecular formula is C20H26N3OS+. The second-order valence-electron chi connectivity index (χ2n) is 7.10. The highest BCUT2D eigenvalue weighted by Gasteiger charge is 2.29. The molecule has 0 spiro atoms. The van der Waals surface area contributed by atoms with Crippen molar-refractivity contribution in [3.05, 3.63) is 45.8 Å². The zero-order chi connectivity index (χ0) is 17.2. The number of piperazine rings is 1. The Kier molecular flexibility index (Phi) is 4.75. The van der Waals surface area contributed by atoms with Gasteiger partial charge < -0.3 is 4.90 Å². The molecule has 0 bridgehead atoms. The van der Waals surface area contributed by atoms with Crippen LogP contribution in [0.3, 0.4) is 0 Å². The van der Waals surface area contributed by atoms with Crippen molar-refractivity contribution in [2.24, 2.45) is 5.92 Å². The van der Waals surface area contributed by atoms with Crippen LogP contribution in [0.1, 0.15) is 39.9 Å². The number of aromatic nitrogens is 1. The molecule has 3 heterocycles. The first-order valence-electron chi connectivity index (χ1n) is 9.37. The number of hydrogen-bond acceptors (Lipinski definition) is 3. The van der Waals surface area contributed by atoms with E-state index in [2.05, 4.69) is 28.9 Å². The predicted molar refractivity (Wildman–Crippen MR) is 101 cm³/mol. The number of nitrogens with zero attached hydrogens (tertiary/aromatic N) is 2. The van der Waals surface area contributed by atoms with Gasteiger partial charge in [0.1, 0.15) is 13.1 Å². The average molecular weight is 357 g/mol. The molecule has 5 heteroatoms. The van der Waals surface area contributed by atoms with E-state index in [-0.39, 0.29) is 5.91 Å². The summed E-state index contributed by atoms with van der Waals surface area (Å²) in [6.07, 6.45) is 6.80. The third kappa shape index (κ3) is 3.43. The molecule has 132 valence electrons. The third-order valence-corrected chi connectivity index (χ3v) is 6.80. The molecule has 1 amide bonds. The second-order valence-corrected chi connectivity index (χ2v) is 8.24. The van der Waals surface area contributed by atoms with E-state index in [1.54, 1.807) is 11.3 Å². The molecule has 2 aliphatic rings. The highest BCUT2D eigenvalue weighted by atomic mass is 32.1. The van der Waals surface area contributed by atoms with Gasteiger partial charge in [0.25, 0.3) is 11.7 Å². The van der Waals surface area contributed by atoms with Gasteiger partial charge in [0, 0.05) is 10.9 Å². The number of pyridine rings is 1. The van der Waals surface area contributed by atoms with E-state index in [1.165, 1.54) is 23.3 Å². The van der Waals surface area contributed by atoms with E-state index < -0.39 is 0 Å². The minimum atomic E-state index is 0.226. The lowest BCUT2D eigenvalue weighted by Gasteiger charge is -2.30. The normalized spacial score (nSPS) is 20.4. The van der Waals surface area contributed by atoms with Gasteiger partial charge in [0.05, 0.1) is 24.2 Å². The highest BCUT2D eigenvalue weighted by molar-refractivity contribution is 7.14. The number of nitrogens with one attached hydrogen (secondary N) is 1. The fraction of sp³-hybridized carbons (Fsp3) is 0.500. The minimum absolute atomic E-state index is 0.226. The maximum atomic E-state index is 12.9. The summed E-state index contributed by atoms with van der Waals surface area (Å²) in [6.45, 7) is 5.63. The van der Waals surface area contributed by atoms with E-state index in [0.29, 0.717) is 0 Å². The number of amides is 1. The number of hydrogen-bond donors (Lipinski definition) is 0. The molecule has 2 aromatic heterocycles. The SMILES string of the molecule is CC[C@H]1CCc2sc(C(=O)N3CCN(c4cccc[nH+]4)CC3)cc2C1. The Labute approximate surface area is 153 Å². The van der Waals surface area contributed by atoms with Crippen LogP contribution in [0.5, 0.6) is 0 Å². The number of rotatable bonds is 3. The molecule has 1 N–H and O–H groups in total. The molecule has 1 fully saturated rings. The van der Waals surface area contributed by atoms with E-state index in [4.69, 9.17) is 0 Å². The molecule has 4 nitrogen and oxygen atoms in total. The van der Waals surface area contributed by atoms with Crippen molar-refractivity contribution in [1.82, 2.24) is 4.90 Å². The fourth-order valence-electron chi connectivity index (χ4n) is 3.94. The van der Waals surface area contributed by atoms with E-state index >= 15 is 0 Å². The number of H-pyrrole nitrogens is 1. The lowest BCUT2D eigenvalue weighted by atomic mass is 9.87. The Morgan fingerprint density at radius 1 is 1.28 bits per heavy atom. The maximum absolute atomic E-state index is 12.9. The molecule has 1 aliphatic carbocycles. The van der Waals surface area contributed by atoms with Crippen LogP contribution in [0.2, 0.25) is 0 Å². The molecule has 1 saturated heterocycles. The standard InChI is InChI=1S/C20H25N3OS/c1-2-15-6-7-17-16(13-15)14-18(25-17)20(24)23-11-9-22(10-12-23)19-5-3-4-8-21-19/h3-5,8,14-15H,2,6-7,9-13H2,1H3/p+1/t15-/m0/s1. The lowest BCUT2D eigenvalue weighted by molar-refractivity contribution is -0.364. The molecule has 0 saturated carbocycles. The summed E-state index contributed by atoms with van der Waals surface area (Å²) in [6, 6.07) is 8.31. The minimum Gasteiger partial charge on any atom is -0.330 e. The van der Waals surface area contributed by atoms with Gasteiger partial charge in [-0.3, -0.25) is 9.69 Å². The number of thiophene rings is 1. The molecule has 1 aliphatic heterocycles. The number of aromatic amines is 1.